The van der Waals surface area contributed by atoms with Crippen molar-refractivity contribution in [1.82, 2.24) is 9.78 Å². The summed E-state index contributed by atoms with van der Waals surface area (Å²) in [6.45, 7) is 3.32. The van der Waals surface area contributed by atoms with Gasteiger partial charge in [-0.3, -0.25) is 4.68 Å². The third-order valence-corrected chi connectivity index (χ3v) is 2.83. The average Bonchev–Trinajstić information content (AvgIpc) is 2.69. The van der Waals surface area contributed by atoms with Crippen LogP contribution < -0.4 is 5.32 Å². The van der Waals surface area contributed by atoms with Crippen LogP contribution in [0.2, 0.25) is 0 Å². The largest absolute Gasteiger partial charge is 0.376 e. The van der Waals surface area contributed by atoms with Crippen molar-refractivity contribution in [1.29, 1.82) is 0 Å². The van der Waals surface area contributed by atoms with Crippen LogP contribution in [0.15, 0.2) is 24.5 Å². The van der Waals surface area contributed by atoms with E-state index < -0.39 is 11.6 Å². The summed E-state index contributed by atoms with van der Waals surface area (Å²) in [5.41, 5.74) is 1.39. The monoisotopic (exact) mass is 251 g/mol. The molecule has 0 saturated heterocycles. The summed E-state index contributed by atoms with van der Waals surface area (Å²) >= 11 is 0. The van der Waals surface area contributed by atoms with Crippen molar-refractivity contribution in [3.8, 4) is 0 Å². The fourth-order valence-electron chi connectivity index (χ4n) is 1.82. The smallest absolute Gasteiger partial charge is 0.128 e. The van der Waals surface area contributed by atoms with Crippen LogP contribution in [0.4, 0.5) is 14.5 Å². The first kappa shape index (κ1) is 12.5. The van der Waals surface area contributed by atoms with E-state index in [0.29, 0.717) is 11.1 Å². The van der Waals surface area contributed by atoms with Gasteiger partial charge in [-0.2, -0.15) is 5.10 Å². The van der Waals surface area contributed by atoms with Gasteiger partial charge in [0, 0.05) is 18.8 Å². The van der Waals surface area contributed by atoms with E-state index in [4.69, 9.17) is 0 Å². The number of benzene rings is 1. The number of hydrogen-bond donors (Lipinski definition) is 1. The molecule has 2 rings (SSSR count). The zero-order valence-corrected chi connectivity index (χ0v) is 10.5. The quantitative estimate of drug-likeness (QED) is 0.908. The van der Waals surface area contributed by atoms with Gasteiger partial charge in [0.05, 0.1) is 17.9 Å². The molecule has 0 aliphatic rings. The van der Waals surface area contributed by atoms with Gasteiger partial charge in [0.25, 0.3) is 0 Å². The highest BCUT2D eigenvalue weighted by Crippen LogP contribution is 2.23. The number of halogens is 2. The van der Waals surface area contributed by atoms with Crippen molar-refractivity contribution in [2.75, 3.05) is 5.32 Å². The SMILES string of the molecule is Cc1cc(F)c(C(C)Nc2cnn(C)c2)cc1F. The van der Waals surface area contributed by atoms with Gasteiger partial charge in [0.2, 0.25) is 0 Å². The highest BCUT2D eigenvalue weighted by molar-refractivity contribution is 5.42. The Morgan fingerprint density at radius 1 is 1.28 bits per heavy atom. The number of hydrogen-bond acceptors (Lipinski definition) is 2. The fourth-order valence-corrected chi connectivity index (χ4v) is 1.82. The number of aryl methyl sites for hydroxylation is 2. The lowest BCUT2D eigenvalue weighted by atomic mass is 10.0. The van der Waals surface area contributed by atoms with Crippen LogP contribution in [-0.2, 0) is 7.05 Å². The Balaban J connectivity index is 2.23. The maximum atomic E-state index is 13.8. The van der Waals surface area contributed by atoms with Crippen molar-refractivity contribution in [3.05, 3.63) is 47.3 Å². The maximum Gasteiger partial charge on any atom is 0.128 e. The highest BCUT2D eigenvalue weighted by atomic mass is 19.1. The van der Waals surface area contributed by atoms with E-state index in [9.17, 15) is 8.78 Å². The molecular weight excluding hydrogens is 236 g/mol. The Kier molecular flexibility index (Phi) is 3.32. The van der Waals surface area contributed by atoms with Crippen molar-refractivity contribution < 1.29 is 8.78 Å². The number of aromatic nitrogens is 2. The molecule has 3 nitrogen and oxygen atoms in total. The molecular formula is C13H15F2N3. The minimum atomic E-state index is -0.405. The Morgan fingerprint density at radius 2 is 2.00 bits per heavy atom. The molecule has 0 aliphatic heterocycles. The molecule has 1 N–H and O–H groups in total. The van der Waals surface area contributed by atoms with Gasteiger partial charge in [-0.25, -0.2) is 8.78 Å². The topological polar surface area (TPSA) is 29.9 Å². The predicted molar refractivity (Wildman–Crippen MR) is 66.3 cm³/mol. The van der Waals surface area contributed by atoms with Crippen LogP contribution >= 0.6 is 0 Å². The standard InChI is InChI=1S/C13H15F2N3/c1-8-4-13(15)11(5-12(8)14)9(2)17-10-6-16-18(3)7-10/h4-7,9,17H,1-3H3. The highest BCUT2D eigenvalue weighted by Gasteiger charge is 2.14. The minimum Gasteiger partial charge on any atom is -0.376 e. The van der Waals surface area contributed by atoms with Gasteiger partial charge in [0.15, 0.2) is 0 Å². The third-order valence-electron chi connectivity index (χ3n) is 2.83. The van der Waals surface area contributed by atoms with Crippen LogP contribution in [0.25, 0.3) is 0 Å². The average molecular weight is 251 g/mol. The molecule has 0 saturated carbocycles. The first-order chi connectivity index (χ1) is 8.47. The van der Waals surface area contributed by atoms with E-state index in [1.165, 1.54) is 12.1 Å². The summed E-state index contributed by atoms with van der Waals surface area (Å²) < 4.78 is 28.9. The van der Waals surface area contributed by atoms with Gasteiger partial charge in [-0.15, -0.1) is 0 Å². The molecule has 1 aromatic carbocycles. The lowest BCUT2D eigenvalue weighted by molar-refractivity contribution is 0.571. The summed E-state index contributed by atoms with van der Waals surface area (Å²) in [7, 11) is 1.79. The van der Waals surface area contributed by atoms with Crippen molar-refractivity contribution in [2.45, 2.75) is 19.9 Å². The van der Waals surface area contributed by atoms with E-state index >= 15 is 0 Å². The normalized spacial score (nSPS) is 12.5. The van der Waals surface area contributed by atoms with E-state index in [-0.39, 0.29) is 6.04 Å². The van der Waals surface area contributed by atoms with Crippen LogP contribution in [0.3, 0.4) is 0 Å². The van der Waals surface area contributed by atoms with Crippen LogP contribution in [0.5, 0.6) is 0 Å². The number of anilines is 1. The van der Waals surface area contributed by atoms with Gasteiger partial charge in [-0.1, -0.05) is 0 Å². The maximum absolute atomic E-state index is 13.8. The van der Waals surface area contributed by atoms with Crippen LogP contribution in [0.1, 0.15) is 24.1 Å². The van der Waals surface area contributed by atoms with Crippen LogP contribution in [0, 0.1) is 18.6 Å². The molecule has 1 heterocycles. The lowest BCUT2D eigenvalue weighted by Gasteiger charge is -2.15. The van der Waals surface area contributed by atoms with Gasteiger partial charge < -0.3 is 5.32 Å². The first-order valence-corrected chi connectivity index (χ1v) is 5.68. The van der Waals surface area contributed by atoms with Crippen molar-refractivity contribution in [3.63, 3.8) is 0 Å². The molecule has 1 unspecified atom stereocenters. The second-order valence-corrected chi connectivity index (χ2v) is 4.39. The zero-order chi connectivity index (χ0) is 13.3. The molecule has 18 heavy (non-hydrogen) atoms. The molecule has 0 amide bonds. The molecule has 1 aromatic heterocycles. The number of nitrogens with zero attached hydrogens (tertiary/aromatic N) is 2. The van der Waals surface area contributed by atoms with Gasteiger partial charge in [0.1, 0.15) is 11.6 Å². The Morgan fingerprint density at radius 3 is 2.61 bits per heavy atom. The van der Waals surface area contributed by atoms with Crippen molar-refractivity contribution >= 4 is 5.69 Å². The number of nitrogens with one attached hydrogen (secondary N) is 1. The second-order valence-electron chi connectivity index (χ2n) is 4.39. The van der Waals surface area contributed by atoms with Crippen LogP contribution in [-0.4, -0.2) is 9.78 Å². The first-order valence-electron chi connectivity index (χ1n) is 5.68. The summed E-state index contributed by atoms with van der Waals surface area (Å²) in [6.07, 6.45) is 3.41. The van der Waals surface area contributed by atoms with E-state index in [0.717, 1.165) is 5.69 Å². The number of rotatable bonds is 3. The predicted octanol–water partition coefficient (Wildman–Crippen LogP) is 3.18. The van der Waals surface area contributed by atoms with E-state index in [2.05, 4.69) is 10.4 Å². The van der Waals surface area contributed by atoms with Crippen molar-refractivity contribution in [2.24, 2.45) is 7.05 Å². The van der Waals surface area contributed by atoms with Gasteiger partial charge in [-0.05, 0) is 31.5 Å². The summed E-state index contributed by atoms with van der Waals surface area (Å²) in [4.78, 5) is 0. The summed E-state index contributed by atoms with van der Waals surface area (Å²) in [6, 6.07) is 2.12. The fraction of sp³-hybridized carbons (Fsp3) is 0.308. The summed E-state index contributed by atoms with van der Waals surface area (Å²) in [5.74, 6) is -0.802. The molecule has 5 heteroatoms. The molecule has 1 atom stereocenters. The molecule has 0 bridgehead atoms. The molecule has 0 aliphatic carbocycles. The minimum absolute atomic E-state index is 0.307. The zero-order valence-electron chi connectivity index (χ0n) is 10.5. The van der Waals surface area contributed by atoms with E-state index in [1.807, 2.05) is 0 Å². The molecule has 0 fully saturated rings. The Labute approximate surface area is 104 Å². The Bertz CT molecular complexity index is 563. The molecule has 0 spiro atoms. The molecule has 96 valence electrons. The Hall–Kier alpha value is -1.91. The summed E-state index contributed by atoms with van der Waals surface area (Å²) in [5, 5.41) is 7.08. The second kappa shape index (κ2) is 4.76. The third kappa shape index (κ3) is 2.50. The van der Waals surface area contributed by atoms with Gasteiger partial charge >= 0.3 is 0 Å². The molecule has 2 aromatic rings. The lowest BCUT2D eigenvalue weighted by Crippen LogP contribution is -2.09. The van der Waals surface area contributed by atoms with E-state index in [1.54, 1.807) is 38.0 Å². The molecule has 0 radical (unpaired) electrons.